The van der Waals surface area contributed by atoms with Gasteiger partial charge in [0.2, 0.25) is 0 Å². The molecule has 0 aromatic carbocycles. The smallest absolute Gasteiger partial charge is 0.422 e. The highest BCUT2D eigenvalue weighted by Gasteiger charge is 2.24. The van der Waals surface area contributed by atoms with Crippen LogP contribution in [-0.4, -0.2) is 37.9 Å². The van der Waals surface area contributed by atoms with Crippen molar-refractivity contribution >= 4 is 16.3 Å². The van der Waals surface area contributed by atoms with Crippen LogP contribution in [0.25, 0.3) is 0 Å². The van der Waals surface area contributed by atoms with Crippen molar-refractivity contribution < 1.29 is 23.1 Å². The third-order valence-electron chi connectivity index (χ3n) is 1.92. The molecule has 0 rings (SSSR count). The van der Waals surface area contributed by atoms with Crippen LogP contribution < -0.4 is 9.44 Å². The molecule has 0 heterocycles. The molecule has 0 aliphatic heterocycles. The number of rotatable bonds is 5. The van der Waals surface area contributed by atoms with Crippen molar-refractivity contribution in [1.82, 2.24) is 9.44 Å². The van der Waals surface area contributed by atoms with Crippen LogP contribution in [0.1, 0.15) is 34.6 Å². The lowest BCUT2D eigenvalue weighted by Crippen LogP contribution is -2.49. The molecule has 0 fully saturated rings. The fourth-order valence-electron chi connectivity index (χ4n) is 1.02. The van der Waals surface area contributed by atoms with Gasteiger partial charge in [0.15, 0.2) is 0 Å². The summed E-state index contributed by atoms with van der Waals surface area (Å²) in [6, 6.07) is -0.662. The Bertz CT molecular complexity index is 372. The maximum Gasteiger partial charge on any atom is 0.422 e. The molecule has 108 valence electrons. The summed E-state index contributed by atoms with van der Waals surface area (Å²) in [6.07, 6.45) is -1.06. The summed E-state index contributed by atoms with van der Waals surface area (Å²) in [6.45, 7) is 8.01. The zero-order valence-corrected chi connectivity index (χ0v) is 12.2. The van der Waals surface area contributed by atoms with Gasteiger partial charge in [0.25, 0.3) is 0 Å². The van der Waals surface area contributed by atoms with E-state index in [1.54, 1.807) is 39.3 Å². The molecular weight excluding hydrogens is 260 g/mol. The zero-order chi connectivity index (χ0) is 14.6. The number of hydrogen-bond donors (Lipinski definition) is 3. The van der Waals surface area contributed by atoms with Crippen molar-refractivity contribution in [3.05, 3.63) is 0 Å². The van der Waals surface area contributed by atoms with E-state index in [1.807, 2.05) is 0 Å². The van der Waals surface area contributed by atoms with Crippen LogP contribution in [0.2, 0.25) is 0 Å². The molecule has 8 heteroatoms. The molecule has 0 aromatic heterocycles. The van der Waals surface area contributed by atoms with Gasteiger partial charge in [0.1, 0.15) is 5.60 Å². The first-order valence-electron chi connectivity index (χ1n) is 5.61. The van der Waals surface area contributed by atoms with Crippen LogP contribution in [0.5, 0.6) is 0 Å². The van der Waals surface area contributed by atoms with Crippen molar-refractivity contribution in [3.63, 3.8) is 0 Å². The van der Waals surface area contributed by atoms with Gasteiger partial charge in [-0.15, -0.1) is 0 Å². The van der Waals surface area contributed by atoms with Gasteiger partial charge in [0, 0.05) is 6.04 Å². The number of hydrogen-bond acceptors (Lipinski definition) is 5. The first-order valence-corrected chi connectivity index (χ1v) is 7.09. The molecule has 0 aliphatic carbocycles. The third-order valence-corrected chi connectivity index (χ3v) is 2.97. The first kappa shape index (κ1) is 17.1. The largest absolute Gasteiger partial charge is 0.443 e. The van der Waals surface area contributed by atoms with E-state index >= 15 is 0 Å². The number of amides is 1. The number of ether oxygens (including phenoxy) is 1. The minimum atomic E-state index is -4.04. The Balaban J connectivity index is 4.53. The molecule has 18 heavy (non-hydrogen) atoms. The molecule has 0 unspecified atom stereocenters. The lowest BCUT2D eigenvalue weighted by Gasteiger charge is -2.22. The Hall–Kier alpha value is -0.860. The average Bonchev–Trinajstić information content (AvgIpc) is 2.09. The van der Waals surface area contributed by atoms with Crippen LogP contribution in [0.4, 0.5) is 4.79 Å². The van der Waals surface area contributed by atoms with E-state index in [0.29, 0.717) is 0 Å². The van der Waals surface area contributed by atoms with E-state index in [9.17, 15) is 13.2 Å². The van der Waals surface area contributed by atoms with Gasteiger partial charge in [-0.3, -0.25) is 0 Å². The molecule has 7 nitrogen and oxygen atoms in total. The van der Waals surface area contributed by atoms with Gasteiger partial charge in [-0.05, 0) is 26.7 Å². The number of carbonyl (C=O) groups is 1. The second-order valence-electron chi connectivity index (χ2n) is 5.26. The average molecular weight is 282 g/mol. The highest BCUT2D eigenvalue weighted by Crippen LogP contribution is 2.07. The number of aliphatic hydroxyl groups excluding tert-OH is 1. The topological polar surface area (TPSA) is 105 Å². The van der Waals surface area contributed by atoms with Crippen LogP contribution in [0.15, 0.2) is 0 Å². The second-order valence-corrected chi connectivity index (χ2v) is 6.71. The lowest BCUT2D eigenvalue weighted by atomic mass is 10.1. The Kier molecular flexibility index (Phi) is 6.05. The van der Waals surface area contributed by atoms with Crippen molar-refractivity contribution in [2.75, 3.05) is 6.61 Å². The zero-order valence-electron chi connectivity index (χ0n) is 11.4. The minimum absolute atomic E-state index is 0.106. The molecule has 0 aliphatic rings. The maximum atomic E-state index is 11.6. The van der Waals surface area contributed by atoms with Gasteiger partial charge in [-0.25, -0.2) is 9.52 Å². The van der Waals surface area contributed by atoms with Crippen LogP contribution in [0, 0.1) is 5.92 Å². The summed E-state index contributed by atoms with van der Waals surface area (Å²) in [7, 11) is -4.04. The van der Waals surface area contributed by atoms with E-state index in [-0.39, 0.29) is 12.5 Å². The number of aliphatic hydroxyl groups is 1. The predicted molar refractivity (Wildman–Crippen MR) is 67.1 cm³/mol. The minimum Gasteiger partial charge on any atom is -0.443 e. The highest BCUT2D eigenvalue weighted by molar-refractivity contribution is 7.88. The molecule has 0 saturated heterocycles. The van der Waals surface area contributed by atoms with E-state index in [2.05, 4.69) is 4.72 Å². The molecule has 3 N–H and O–H groups in total. The summed E-state index contributed by atoms with van der Waals surface area (Å²) >= 11 is 0. The maximum absolute atomic E-state index is 11.6. The van der Waals surface area contributed by atoms with Gasteiger partial charge in [-0.2, -0.15) is 13.1 Å². The molecule has 0 saturated carbocycles. The molecule has 1 atom stereocenters. The van der Waals surface area contributed by atoms with E-state index in [4.69, 9.17) is 9.84 Å². The Morgan fingerprint density at radius 2 is 1.83 bits per heavy atom. The summed E-state index contributed by atoms with van der Waals surface area (Å²) in [5.74, 6) is -0.106. The Morgan fingerprint density at radius 1 is 1.33 bits per heavy atom. The van der Waals surface area contributed by atoms with Crippen molar-refractivity contribution in [2.45, 2.75) is 46.3 Å². The van der Waals surface area contributed by atoms with Crippen molar-refractivity contribution in [3.8, 4) is 0 Å². The third kappa shape index (κ3) is 7.46. The van der Waals surface area contributed by atoms with E-state index in [1.165, 1.54) is 0 Å². The van der Waals surface area contributed by atoms with Crippen molar-refractivity contribution in [1.29, 1.82) is 0 Å². The van der Waals surface area contributed by atoms with E-state index < -0.39 is 27.9 Å². The monoisotopic (exact) mass is 282 g/mol. The number of carbonyl (C=O) groups excluding carboxylic acids is 1. The predicted octanol–water partition coefficient (Wildman–Crippen LogP) is 0.362. The first-order chi connectivity index (χ1) is 7.97. The molecule has 0 aromatic rings. The van der Waals surface area contributed by atoms with Crippen LogP contribution >= 0.6 is 0 Å². The fourth-order valence-corrected chi connectivity index (χ4v) is 2.09. The van der Waals surface area contributed by atoms with Crippen molar-refractivity contribution in [2.24, 2.45) is 5.92 Å². The summed E-state index contributed by atoms with van der Waals surface area (Å²) < 4.78 is 31.8. The highest BCUT2D eigenvalue weighted by atomic mass is 32.2. The summed E-state index contributed by atoms with van der Waals surface area (Å²) in [5.41, 5.74) is -0.784. The van der Waals surface area contributed by atoms with Crippen LogP contribution in [0.3, 0.4) is 0 Å². The molecule has 0 bridgehead atoms. The van der Waals surface area contributed by atoms with Gasteiger partial charge in [-0.1, -0.05) is 13.8 Å². The lowest BCUT2D eigenvalue weighted by molar-refractivity contribution is 0.0569. The molecule has 0 spiro atoms. The standard InChI is InChI=1S/C10H22N2O5S/c1-7(2)8(6-13)11-18(15,16)12-9(14)17-10(3,4)5/h7-8,11,13H,6H2,1-5H3,(H,12,14)/t8-/m0/s1. The second kappa shape index (κ2) is 6.35. The van der Waals surface area contributed by atoms with Gasteiger partial charge in [0.05, 0.1) is 6.61 Å². The molecular formula is C10H22N2O5S. The van der Waals surface area contributed by atoms with Gasteiger partial charge < -0.3 is 9.84 Å². The van der Waals surface area contributed by atoms with Crippen LogP contribution in [-0.2, 0) is 14.9 Å². The Labute approximate surface area is 108 Å². The summed E-state index contributed by atoms with van der Waals surface area (Å²) in [4.78, 5) is 11.3. The fraction of sp³-hybridized carbons (Fsp3) is 0.900. The Morgan fingerprint density at radius 3 is 2.17 bits per heavy atom. The molecule has 1 amide bonds. The van der Waals surface area contributed by atoms with Gasteiger partial charge >= 0.3 is 16.3 Å². The quantitative estimate of drug-likeness (QED) is 0.675. The normalized spacial score (nSPS) is 14.4. The van der Waals surface area contributed by atoms with E-state index in [0.717, 1.165) is 0 Å². The molecule has 0 radical (unpaired) electrons. The summed E-state index contributed by atoms with van der Waals surface area (Å²) in [5, 5.41) is 9.01. The number of nitrogens with one attached hydrogen (secondary N) is 2. The SMILES string of the molecule is CC(C)[C@H](CO)NS(=O)(=O)NC(=O)OC(C)(C)C.